The van der Waals surface area contributed by atoms with Crippen LogP contribution in [0.25, 0.3) is 0 Å². The van der Waals surface area contributed by atoms with E-state index in [9.17, 15) is 4.79 Å². The highest BCUT2D eigenvalue weighted by Crippen LogP contribution is 2.07. The number of imidazole rings is 1. The molecular weight excluding hydrogens is 216 g/mol. The fraction of sp³-hybridized carbons (Fsp3) is 0.667. The van der Waals surface area contributed by atoms with Crippen molar-refractivity contribution < 1.29 is 4.79 Å². The summed E-state index contributed by atoms with van der Waals surface area (Å²) in [6.45, 7) is 3.25. The van der Waals surface area contributed by atoms with Crippen molar-refractivity contribution in [1.82, 2.24) is 14.5 Å². The Labute approximate surface area is 103 Å². The molecule has 1 rings (SSSR count). The van der Waals surface area contributed by atoms with Gasteiger partial charge in [0.25, 0.3) is 0 Å². The van der Waals surface area contributed by atoms with Crippen molar-refractivity contribution in [3.8, 4) is 0 Å². The van der Waals surface area contributed by atoms with Crippen LogP contribution in [0.2, 0.25) is 0 Å². The number of carbonyl (C=O) groups is 1. The Morgan fingerprint density at radius 3 is 2.88 bits per heavy atom. The van der Waals surface area contributed by atoms with Crippen molar-refractivity contribution in [2.45, 2.75) is 26.3 Å². The summed E-state index contributed by atoms with van der Waals surface area (Å²) in [5.74, 6) is 1.45. The molecule has 1 amide bonds. The molecule has 0 bridgehead atoms. The van der Waals surface area contributed by atoms with E-state index >= 15 is 0 Å². The Hall–Kier alpha value is -1.36. The van der Waals surface area contributed by atoms with Gasteiger partial charge in [-0.15, -0.1) is 0 Å². The first kappa shape index (κ1) is 13.7. The van der Waals surface area contributed by atoms with Crippen molar-refractivity contribution >= 4 is 5.91 Å². The number of hydrogen-bond acceptors (Lipinski definition) is 3. The predicted octanol–water partition coefficient (Wildman–Crippen LogP) is 0.753. The first-order valence-corrected chi connectivity index (χ1v) is 5.94. The van der Waals surface area contributed by atoms with Crippen LogP contribution >= 0.6 is 0 Å². The van der Waals surface area contributed by atoms with Gasteiger partial charge in [0.05, 0.1) is 6.54 Å². The van der Waals surface area contributed by atoms with E-state index in [1.807, 2.05) is 24.9 Å². The Bertz CT molecular complexity index is 361. The summed E-state index contributed by atoms with van der Waals surface area (Å²) in [4.78, 5) is 17.8. The van der Waals surface area contributed by atoms with E-state index in [0.29, 0.717) is 25.4 Å². The van der Waals surface area contributed by atoms with Crippen molar-refractivity contribution in [1.29, 1.82) is 0 Å². The lowest BCUT2D eigenvalue weighted by Gasteiger charge is -2.17. The van der Waals surface area contributed by atoms with Crippen LogP contribution in [0.3, 0.4) is 0 Å². The van der Waals surface area contributed by atoms with Crippen LogP contribution in [0.5, 0.6) is 0 Å². The van der Waals surface area contributed by atoms with E-state index in [1.54, 1.807) is 11.1 Å². The molecule has 1 heterocycles. The lowest BCUT2D eigenvalue weighted by molar-refractivity contribution is -0.130. The molecule has 0 fully saturated rings. The van der Waals surface area contributed by atoms with Crippen molar-refractivity contribution in [2.75, 3.05) is 13.6 Å². The molecule has 1 aromatic heterocycles. The Morgan fingerprint density at radius 2 is 2.35 bits per heavy atom. The van der Waals surface area contributed by atoms with Gasteiger partial charge in [-0.2, -0.15) is 0 Å². The second kappa shape index (κ2) is 6.39. The summed E-state index contributed by atoms with van der Waals surface area (Å²) >= 11 is 0. The third-order valence-electron chi connectivity index (χ3n) is 2.98. The van der Waals surface area contributed by atoms with Crippen LogP contribution in [-0.4, -0.2) is 34.0 Å². The number of carbonyl (C=O) groups excluding carboxylic acids is 1. The van der Waals surface area contributed by atoms with Crippen LogP contribution in [-0.2, 0) is 18.4 Å². The SMILES string of the molecule is CC(CN)CCC(=O)N(C)Cc1nccn1C. The summed E-state index contributed by atoms with van der Waals surface area (Å²) in [5.41, 5.74) is 5.53. The molecule has 96 valence electrons. The molecule has 5 nitrogen and oxygen atoms in total. The number of aryl methyl sites for hydroxylation is 1. The van der Waals surface area contributed by atoms with Crippen LogP contribution in [0.15, 0.2) is 12.4 Å². The second-order valence-electron chi connectivity index (χ2n) is 4.58. The topological polar surface area (TPSA) is 64.2 Å². The molecule has 1 atom stereocenters. The fourth-order valence-corrected chi connectivity index (χ4v) is 1.53. The van der Waals surface area contributed by atoms with E-state index in [2.05, 4.69) is 11.9 Å². The summed E-state index contributed by atoms with van der Waals surface area (Å²) in [5, 5.41) is 0. The zero-order valence-corrected chi connectivity index (χ0v) is 10.9. The minimum Gasteiger partial charge on any atom is -0.338 e. The van der Waals surface area contributed by atoms with E-state index in [4.69, 9.17) is 5.73 Å². The number of hydrogen-bond donors (Lipinski definition) is 1. The summed E-state index contributed by atoms with van der Waals surface area (Å²) in [6, 6.07) is 0. The number of nitrogens with two attached hydrogens (primary N) is 1. The van der Waals surface area contributed by atoms with Gasteiger partial charge in [0.1, 0.15) is 5.82 Å². The summed E-state index contributed by atoms with van der Waals surface area (Å²) in [7, 11) is 3.74. The Balaban J connectivity index is 2.40. The molecule has 0 radical (unpaired) electrons. The average Bonchev–Trinajstić information content (AvgIpc) is 2.71. The van der Waals surface area contributed by atoms with Gasteiger partial charge in [-0.3, -0.25) is 4.79 Å². The molecule has 1 unspecified atom stereocenters. The van der Waals surface area contributed by atoms with Gasteiger partial charge in [-0.1, -0.05) is 6.92 Å². The molecule has 0 saturated carbocycles. The highest BCUT2D eigenvalue weighted by molar-refractivity contribution is 5.75. The van der Waals surface area contributed by atoms with Crippen molar-refractivity contribution in [2.24, 2.45) is 18.7 Å². The number of nitrogens with zero attached hydrogens (tertiary/aromatic N) is 3. The monoisotopic (exact) mass is 238 g/mol. The molecule has 2 N–H and O–H groups in total. The summed E-state index contributed by atoms with van der Waals surface area (Å²) < 4.78 is 1.92. The zero-order valence-electron chi connectivity index (χ0n) is 10.9. The highest BCUT2D eigenvalue weighted by atomic mass is 16.2. The van der Waals surface area contributed by atoms with E-state index in [-0.39, 0.29) is 5.91 Å². The lowest BCUT2D eigenvalue weighted by Crippen LogP contribution is -2.28. The molecule has 0 aliphatic carbocycles. The Kier molecular flexibility index (Phi) is 5.15. The minimum atomic E-state index is 0.147. The third-order valence-corrected chi connectivity index (χ3v) is 2.98. The van der Waals surface area contributed by atoms with Gasteiger partial charge >= 0.3 is 0 Å². The van der Waals surface area contributed by atoms with E-state index in [1.165, 1.54) is 0 Å². The van der Waals surface area contributed by atoms with Gasteiger partial charge in [0.2, 0.25) is 5.91 Å². The maximum atomic E-state index is 11.8. The highest BCUT2D eigenvalue weighted by Gasteiger charge is 2.12. The van der Waals surface area contributed by atoms with E-state index in [0.717, 1.165) is 12.2 Å². The van der Waals surface area contributed by atoms with Gasteiger partial charge in [-0.05, 0) is 18.9 Å². The molecule has 0 aliphatic heterocycles. The smallest absolute Gasteiger partial charge is 0.222 e. The predicted molar refractivity (Wildman–Crippen MR) is 67.1 cm³/mol. The maximum absolute atomic E-state index is 11.8. The van der Waals surface area contributed by atoms with Gasteiger partial charge in [0.15, 0.2) is 0 Å². The normalized spacial score (nSPS) is 12.5. The van der Waals surface area contributed by atoms with Crippen LogP contribution in [0.4, 0.5) is 0 Å². The Morgan fingerprint density at radius 1 is 1.65 bits per heavy atom. The first-order chi connectivity index (χ1) is 8.04. The van der Waals surface area contributed by atoms with Crippen molar-refractivity contribution in [3.63, 3.8) is 0 Å². The molecule has 0 aromatic carbocycles. The molecule has 0 aliphatic rings. The number of aromatic nitrogens is 2. The molecule has 1 aromatic rings. The average molecular weight is 238 g/mol. The minimum absolute atomic E-state index is 0.147. The molecule has 17 heavy (non-hydrogen) atoms. The van der Waals surface area contributed by atoms with Crippen molar-refractivity contribution in [3.05, 3.63) is 18.2 Å². The standard InChI is InChI=1S/C12H22N4O/c1-10(8-13)4-5-12(17)16(3)9-11-14-6-7-15(11)2/h6-7,10H,4-5,8-9,13H2,1-3H3. The summed E-state index contributed by atoms with van der Waals surface area (Å²) in [6.07, 6.45) is 5.02. The van der Waals surface area contributed by atoms with Gasteiger partial charge in [0, 0.05) is 32.9 Å². The van der Waals surface area contributed by atoms with Gasteiger partial charge in [-0.25, -0.2) is 4.98 Å². The van der Waals surface area contributed by atoms with Crippen LogP contribution in [0, 0.1) is 5.92 Å². The quantitative estimate of drug-likeness (QED) is 0.795. The molecule has 5 heteroatoms. The van der Waals surface area contributed by atoms with Gasteiger partial charge < -0.3 is 15.2 Å². The van der Waals surface area contributed by atoms with Crippen LogP contribution in [0.1, 0.15) is 25.6 Å². The third kappa shape index (κ3) is 4.19. The molecule has 0 saturated heterocycles. The number of rotatable bonds is 6. The van der Waals surface area contributed by atoms with Crippen LogP contribution < -0.4 is 5.73 Å². The largest absolute Gasteiger partial charge is 0.338 e. The molecular formula is C12H22N4O. The van der Waals surface area contributed by atoms with E-state index < -0.39 is 0 Å². The maximum Gasteiger partial charge on any atom is 0.222 e. The second-order valence-corrected chi connectivity index (χ2v) is 4.58. The lowest BCUT2D eigenvalue weighted by atomic mass is 10.1. The molecule has 0 spiro atoms. The zero-order chi connectivity index (χ0) is 12.8. The first-order valence-electron chi connectivity index (χ1n) is 5.94. The number of amides is 1. The fourth-order valence-electron chi connectivity index (χ4n) is 1.53.